The summed E-state index contributed by atoms with van der Waals surface area (Å²) in [5.74, 6) is -0.457. The Morgan fingerprint density at radius 3 is 2.57 bits per heavy atom. The minimum absolute atomic E-state index is 0.0345. The molecule has 1 aliphatic rings. The van der Waals surface area contributed by atoms with E-state index in [1.54, 1.807) is 31.2 Å². The highest BCUT2D eigenvalue weighted by molar-refractivity contribution is 6.46. The van der Waals surface area contributed by atoms with E-state index in [9.17, 15) is 14.7 Å². The van der Waals surface area contributed by atoms with E-state index in [0.29, 0.717) is 29.5 Å². The zero-order chi connectivity index (χ0) is 20.6. The van der Waals surface area contributed by atoms with Gasteiger partial charge in [-0.25, -0.2) is 0 Å². The highest BCUT2D eigenvalue weighted by Crippen LogP contribution is 2.43. The third-order valence-corrected chi connectivity index (χ3v) is 4.96. The van der Waals surface area contributed by atoms with Crippen molar-refractivity contribution in [1.82, 2.24) is 4.90 Å². The summed E-state index contributed by atoms with van der Waals surface area (Å²) in [6.45, 7) is 5.86. The van der Waals surface area contributed by atoms with Crippen molar-refractivity contribution in [3.05, 3.63) is 57.5 Å². The number of halogens is 1. The number of carbonyl (C=O) groups is 2. The third kappa shape index (κ3) is 3.29. The molecule has 1 aromatic carbocycles. The summed E-state index contributed by atoms with van der Waals surface area (Å²) in [5, 5.41) is 11.4. The molecule has 1 amide bonds. The molecule has 1 fully saturated rings. The van der Waals surface area contributed by atoms with Gasteiger partial charge in [-0.15, -0.1) is 0 Å². The maximum atomic E-state index is 12.8. The van der Waals surface area contributed by atoms with E-state index in [-0.39, 0.29) is 22.6 Å². The number of amides is 1. The van der Waals surface area contributed by atoms with Gasteiger partial charge in [-0.1, -0.05) is 18.5 Å². The Labute approximate surface area is 168 Å². The topological polar surface area (TPSA) is 80.0 Å². The fourth-order valence-electron chi connectivity index (χ4n) is 3.51. The molecule has 0 saturated carbocycles. The molecule has 2 heterocycles. The number of ether oxygens (including phenoxy) is 1. The fraction of sp³-hybridized carbons (Fsp3) is 0.333. The second-order valence-corrected chi connectivity index (χ2v) is 7.18. The Bertz CT molecular complexity index is 975. The van der Waals surface area contributed by atoms with Crippen LogP contribution in [0.5, 0.6) is 5.75 Å². The van der Waals surface area contributed by atoms with Crippen LogP contribution in [0.25, 0.3) is 5.76 Å². The van der Waals surface area contributed by atoms with Crippen molar-refractivity contribution >= 4 is 29.1 Å². The monoisotopic (exact) mass is 403 g/mol. The van der Waals surface area contributed by atoms with E-state index in [4.69, 9.17) is 20.8 Å². The molecule has 7 heteroatoms. The summed E-state index contributed by atoms with van der Waals surface area (Å²) in [4.78, 5) is 26.9. The Balaban J connectivity index is 2.27. The van der Waals surface area contributed by atoms with Crippen LogP contribution in [0.2, 0.25) is 5.02 Å². The first-order chi connectivity index (χ1) is 13.3. The summed E-state index contributed by atoms with van der Waals surface area (Å²) >= 11 is 6.25. The Kier molecular flexibility index (Phi) is 5.52. The first-order valence-electron chi connectivity index (χ1n) is 8.99. The number of hydrogen-bond acceptors (Lipinski definition) is 5. The lowest BCUT2D eigenvalue weighted by molar-refractivity contribution is -0.140. The number of hydrogen-bond donors (Lipinski definition) is 1. The van der Waals surface area contributed by atoms with Gasteiger partial charge in [0.15, 0.2) is 0 Å². The van der Waals surface area contributed by atoms with Crippen LogP contribution < -0.4 is 4.74 Å². The van der Waals surface area contributed by atoms with Gasteiger partial charge in [-0.05, 0) is 50.1 Å². The molecule has 1 saturated heterocycles. The minimum Gasteiger partial charge on any atom is -0.507 e. The Morgan fingerprint density at radius 1 is 1.29 bits per heavy atom. The van der Waals surface area contributed by atoms with Crippen molar-refractivity contribution in [3.8, 4) is 5.75 Å². The number of furan rings is 1. The summed E-state index contributed by atoms with van der Waals surface area (Å²) in [5.41, 5.74) is 1.00. The van der Waals surface area contributed by atoms with Crippen molar-refractivity contribution < 1.29 is 23.8 Å². The predicted octanol–water partition coefficient (Wildman–Crippen LogP) is 4.39. The molecule has 28 heavy (non-hydrogen) atoms. The van der Waals surface area contributed by atoms with Crippen LogP contribution in [0.15, 0.2) is 34.3 Å². The first kappa shape index (κ1) is 20.0. The van der Waals surface area contributed by atoms with E-state index >= 15 is 0 Å². The summed E-state index contributed by atoms with van der Waals surface area (Å²) < 4.78 is 11.0. The summed E-state index contributed by atoms with van der Waals surface area (Å²) in [7, 11) is 1.43. The number of carbonyl (C=O) groups excluding carboxylic acids is 2. The van der Waals surface area contributed by atoms with Gasteiger partial charge in [-0.3, -0.25) is 9.59 Å². The molecular weight excluding hydrogens is 382 g/mol. The Morgan fingerprint density at radius 2 is 2.00 bits per heavy atom. The second kappa shape index (κ2) is 7.72. The van der Waals surface area contributed by atoms with E-state index < -0.39 is 17.7 Å². The quantitative estimate of drug-likeness (QED) is 0.455. The number of methoxy groups -OCH3 is 1. The van der Waals surface area contributed by atoms with Crippen LogP contribution in [-0.4, -0.2) is 35.4 Å². The largest absolute Gasteiger partial charge is 0.507 e. The lowest BCUT2D eigenvalue weighted by atomic mass is 9.98. The summed E-state index contributed by atoms with van der Waals surface area (Å²) in [6.07, 6.45) is 0.656. The van der Waals surface area contributed by atoms with Crippen molar-refractivity contribution in [1.29, 1.82) is 0 Å². The van der Waals surface area contributed by atoms with Crippen LogP contribution in [0.4, 0.5) is 0 Å². The molecule has 1 N–H and O–H groups in total. The molecule has 1 aliphatic heterocycles. The maximum absolute atomic E-state index is 12.8. The highest BCUT2D eigenvalue weighted by atomic mass is 35.5. The van der Waals surface area contributed by atoms with Crippen LogP contribution >= 0.6 is 11.6 Å². The summed E-state index contributed by atoms with van der Waals surface area (Å²) in [6, 6.07) is 6.02. The first-order valence-corrected chi connectivity index (χ1v) is 9.37. The molecule has 1 unspecified atom stereocenters. The van der Waals surface area contributed by atoms with Gasteiger partial charge in [0.2, 0.25) is 0 Å². The number of aryl methyl sites for hydroxylation is 2. The fourth-order valence-corrected chi connectivity index (χ4v) is 3.86. The smallest absolute Gasteiger partial charge is 0.295 e. The normalized spacial score (nSPS) is 18.8. The average molecular weight is 404 g/mol. The lowest BCUT2D eigenvalue weighted by Gasteiger charge is -2.23. The number of Topliss-reactive ketones (excluding diaryl/α,β-unsaturated/α-hetero) is 1. The molecule has 2 aromatic rings. The average Bonchev–Trinajstić information content (AvgIpc) is 3.17. The van der Waals surface area contributed by atoms with Crippen LogP contribution in [0.1, 0.15) is 42.0 Å². The van der Waals surface area contributed by atoms with Gasteiger partial charge < -0.3 is 19.2 Å². The van der Waals surface area contributed by atoms with Crippen LogP contribution in [0.3, 0.4) is 0 Å². The van der Waals surface area contributed by atoms with Gasteiger partial charge in [-0.2, -0.15) is 0 Å². The van der Waals surface area contributed by atoms with E-state index in [2.05, 4.69) is 0 Å². The van der Waals surface area contributed by atoms with Crippen molar-refractivity contribution in [2.24, 2.45) is 0 Å². The maximum Gasteiger partial charge on any atom is 0.295 e. The number of rotatable bonds is 5. The van der Waals surface area contributed by atoms with Gasteiger partial charge in [0.1, 0.15) is 29.1 Å². The lowest BCUT2D eigenvalue weighted by Crippen LogP contribution is -2.30. The molecular formula is C21H22ClNO5. The van der Waals surface area contributed by atoms with E-state index in [0.717, 1.165) is 5.56 Å². The third-order valence-electron chi connectivity index (χ3n) is 4.68. The molecule has 0 bridgehead atoms. The zero-order valence-corrected chi connectivity index (χ0v) is 17.0. The molecule has 6 nitrogen and oxygen atoms in total. The molecule has 0 aliphatic carbocycles. The van der Waals surface area contributed by atoms with E-state index in [1.165, 1.54) is 12.0 Å². The minimum atomic E-state index is -0.808. The number of ketones is 1. The van der Waals surface area contributed by atoms with Gasteiger partial charge >= 0.3 is 0 Å². The van der Waals surface area contributed by atoms with Crippen molar-refractivity contribution in [2.75, 3.05) is 13.7 Å². The molecule has 148 valence electrons. The number of likely N-dealkylation sites (tertiary alicyclic amines) is 1. The van der Waals surface area contributed by atoms with Crippen molar-refractivity contribution in [2.45, 2.75) is 33.2 Å². The van der Waals surface area contributed by atoms with Crippen LogP contribution in [0, 0.1) is 13.8 Å². The second-order valence-electron chi connectivity index (χ2n) is 6.77. The highest BCUT2D eigenvalue weighted by Gasteiger charge is 2.47. The molecule has 1 aromatic heterocycles. The van der Waals surface area contributed by atoms with Gasteiger partial charge in [0, 0.05) is 6.54 Å². The number of benzene rings is 1. The van der Waals surface area contributed by atoms with Crippen LogP contribution in [-0.2, 0) is 9.59 Å². The predicted molar refractivity (Wildman–Crippen MR) is 105 cm³/mol. The standard InChI is InChI=1S/C21H22ClNO5/c1-5-8-23-17(15-7-6-12(3)28-15)16(19(25)21(23)26)18(24)13-9-11(2)10-14(22)20(13)27-4/h6-7,9-10,17,24H,5,8H2,1-4H3/b18-16+. The number of aliphatic hydroxyl groups is 1. The van der Waals surface area contributed by atoms with Gasteiger partial charge in [0.25, 0.3) is 11.7 Å². The molecule has 0 radical (unpaired) electrons. The van der Waals surface area contributed by atoms with E-state index in [1.807, 2.05) is 13.8 Å². The Hall–Kier alpha value is -2.73. The number of nitrogens with zero attached hydrogens (tertiary/aromatic N) is 1. The number of aliphatic hydroxyl groups excluding tert-OH is 1. The molecule has 1 atom stereocenters. The SMILES string of the molecule is CCCN1C(=O)C(=O)/C(=C(/O)c2cc(C)cc(Cl)c2OC)C1c1ccc(C)o1. The molecule has 3 rings (SSSR count). The van der Waals surface area contributed by atoms with Gasteiger partial charge in [0.05, 0.1) is 23.3 Å². The van der Waals surface area contributed by atoms with Crippen molar-refractivity contribution in [3.63, 3.8) is 0 Å². The zero-order valence-electron chi connectivity index (χ0n) is 16.2. The molecule has 0 spiro atoms.